The molecule has 0 spiro atoms. The fourth-order valence-corrected chi connectivity index (χ4v) is 4.30. The van der Waals surface area contributed by atoms with Gasteiger partial charge < -0.3 is 4.57 Å². The maximum Gasteiger partial charge on any atom is 0.195 e. The molecule has 0 saturated carbocycles. The van der Waals surface area contributed by atoms with E-state index in [-0.39, 0.29) is 5.43 Å². The molecule has 6 aromatic rings. The molecule has 6 rings (SSSR count). The van der Waals surface area contributed by atoms with Crippen molar-refractivity contribution in [2.75, 3.05) is 0 Å². The fraction of sp³-hybridized carbons (Fsp3) is 0. The van der Waals surface area contributed by atoms with Crippen LogP contribution in [0.2, 0.25) is 0 Å². The first-order valence-electron chi connectivity index (χ1n) is 8.96. The van der Waals surface area contributed by atoms with Crippen molar-refractivity contribution in [1.29, 1.82) is 0 Å². The molecule has 0 saturated heterocycles. The first kappa shape index (κ1) is 14.4. The van der Waals surface area contributed by atoms with Gasteiger partial charge in [-0.05, 0) is 36.4 Å². The molecule has 3 nitrogen and oxygen atoms in total. The zero-order valence-electron chi connectivity index (χ0n) is 14.4. The summed E-state index contributed by atoms with van der Waals surface area (Å²) in [7, 11) is 0. The van der Waals surface area contributed by atoms with E-state index in [2.05, 4.69) is 39.9 Å². The number of pyridine rings is 1. The normalized spacial score (nSPS) is 11.9. The number of nitrogens with zero attached hydrogens (tertiary/aromatic N) is 2. The summed E-state index contributed by atoms with van der Waals surface area (Å²) in [6.45, 7) is 0. The number of benzene rings is 3. The number of hydrogen-bond donors (Lipinski definition) is 0. The lowest BCUT2D eigenvalue weighted by molar-refractivity contribution is 1.18. The Bertz CT molecular complexity index is 1530. The first-order chi connectivity index (χ1) is 13.3. The highest BCUT2D eigenvalue weighted by Gasteiger charge is 2.19. The smallest absolute Gasteiger partial charge is 0.195 e. The Hall–Kier alpha value is -3.72. The van der Waals surface area contributed by atoms with Gasteiger partial charge in [-0.1, -0.05) is 42.5 Å². The third kappa shape index (κ3) is 1.80. The molecular formula is C24H14N2O. The summed E-state index contributed by atoms with van der Waals surface area (Å²) in [4.78, 5) is 17.9. The van der Waals surface area contributed by atoms with Crippen LogP contribution in [0.15, 0.2) is 89.9 Å². The largest absolute Gasteiger partial charge is 0.309 e. The second-order valence-electron chi connectivity index (χ2n) is 6.80. The van der Waals surface area contributed by atoms with Gasteiger partial charge in [-0.15, -0.1) is 0 Å². The quantitative estimate of drug-likeness (QED) is 0.406. The lowest BCUT2D eigenvalue weighted by Gasteiger charge is -2.07. The number of hydrogen-bond acceptors (Lipinski definition) is 2. The molecule has 0 aliphatic carbocycles. The zero-order valence-corrected chi connectivity index (χ0v) is 14.4. The fourth-order valence-electron chi connectivity index (χ4n) is 4.30. The lowest BCUT2D eigenvalue weighted by atomic mass is 10.1. The van der Waals surface area contributed by atoms with E-state index >= 15 is 0 Å². The Morgan fingerprint density at radius 3 is 2.07 bits per heavy atom. The minimum atomic E-state index is 0.0343. The monoisotopic (exact) mass is 346 g/mol. The van der Waals surface area contributed by atoms with E-state index in [9.17, 15) is 4.79 Å². The van der Waals surface area contributed by atoms with Crippen LogP contribution in [0.5, 0.6) is 0 Å². The topological polar surface area (TPSA) is 34.9 Å². The van der Waals surface area contributed by atoms with Crippen molar-refractivity contribution in [2.24, 2.45) is 0 Å². The highest BCUT2D eigenvalue weighted by Crippen LogP contribution is 2.38. The standard InChI is InChI=1S/C24H14N2O/c27-24-17-10-5-13-20-22(17)21-16(23-18(24)11-6-14-25-23)9-4-12-19(21)26(20)15-7-2-1-3-8-15/h1-14H. The van der Waals surface area contributed by atoms with Crippen molar-refractivity contribution >= 4 is 43.5 Å². The van der Waals surface area contributed by atoms with Crippen LogP contribution in [-0.4, -0.2) is 9.55 Å². The van der Waals surface area contributed by atoms with Gasteiger partial charge in [0.25, 0.3) is 0 Å². The van der Waals surface area contributed by atoms with E-state index in [1.807, 2.05) is 48.5 Å². The van der Waals surface area contributed by atoms with Gasteiger partial charge >= 0.3 is 0 Å². The highest BCUT2D eigenvalue weighted by atomic mass is 16.1. The zero-order chi connectivity index (χ0) is 18.0. The summed E-state index contributed by atoms with van der Waals surface area (Å²) in [6.07, 6.45) is 1.76. The Kier molecular flexibility index (Phi) is 2.75. The Balaban J connectivity index is 2.04. The second kappa shape index (κ2) is 5.15. The van der Waals surface area contributed by atoms with Crippen LogP contribution in [-0.2, 0) is 0 Å². The van der Waals surface area contributed by atoms with E-state index in [0.717, 1.165) is 43.8 Å². The van der Waals surface area contributed by atoms with Crippen LogP contribution in [0.3, 0.4) is 0 Å². The van der Waals surface area contributed by atoms with E-state index in [1.54, 1.807) is 6.20 Å². The van der Waals surface area contributed by atoms with Crippen LogP contribution in [0, 0.1) is 0 Å². The second-order valence-corrected chi connectivity index (χ2v) is 6.80. The minimum Gasteiger partial charge on any atom is -0.309 e. The molecule has 2 aromatic heterocycles. The predicted molar refractivity (Wildman–Crippen MR) is 111 cm³/mol. The SMILES string of the molecule is O=c1c2cccnc2c2cccc3c2c2c1cccc2n3-c1ccccc1. The number of fused-ring (bicyclic) bond motifs is 2. The first-order valence-corrected chi connectivity index (χ1v) is 8.96. The molecule has 3 heteroatoms. The van der Waals surface area contributed by atoms with Crippen LogP contribution in [0.4, 0.5) is 0 Å². The summed E-state index contributed by atoms with van der Waals surface area (Å²) >= 11 is 0. The number of para-hydroxylation sites is 1. The maximum atomic E-state index is 13.4. The van der Waals surface area contributed by atoms with Crippen molar-refractivity contribution in [3.8, 4) is 5.69 Å². The summed E-state index contributed by atoms with van der Waals surface area (Å²) in [5.74, 6) is 0. The van der Waals surface area contributed by atoms with Gasteiger partial charge in [0.1, 0.15) is 0 Å². The Labute approximate surface area is 154 Å². The van der Waals surface area contributed by atoms with Gasteiger partial charge in [-0.25, -0.2) is 0 Å². The third-order valence-electron chi connectivity index (χ3n) is 5.38. The molecule has 0 unspecified atom stereocenters. The van der Waals surface area contributed by atoms with Gasteiger partial charge in [-0.2, -0.15) is 0 Å². The predicted octanol–water partition coefficient (Wildman–Crippen LogP) is 5.28. The molecular weight excluding hydrogens is 332 g/mol. The third-order valence-corrected chi connectivity index (χ3v) is 5.38. The molecule has 0 aliphatic heterocycles. The molecule has 0 aliphatic rings. The average Bonchev–Trinajstić information content (AvgIpc) is 3.03. The van der Waals surface area contributed by atoms with Crippen molar-refractivity contribution in [3.63, 3.8) is 0 Å². The van der Waals surface area contributed by atoms with E-state index < -0.39 is 0 Å². The van der Waals surface area contributed by atoms with Gasteiger partial charge in [0.05, 0.1) is 16.6 Å². The molecule has 0 atom stereocenters. The van der Waals surface area contributed by atoms with Crippen LogP contribution in [0.1, 0.15) is 0 Å². The van der Waals surface area contributed by atoms with E-state index in [1.165, 1.54) is 0 Å². The van der Waals surface area contributed by atoms with Crippen molar-refractivity contribution < 1.29 is 0 Å². The Morgan fingerprint density at radius 2 is 1.30 bits per heavy atom. The van der Waals surface area contributed by atoms with E-state index in [4.69, 9.17) is 0 Å². The maximum absolute atomic E-state index is 13.4. The Morgan fingerprint density at radius 1 is 0.630 bits per heavy atom. The minimum absolute atomic E-state index is 0.0343. The molecule has 27 heavy (non-hydrogen) atoms. The molecule has 0 bridgehead atoms. The van der Waals surface area contributed by atoms with Crippen molar-refractivity contribution in [3.05, 3.63) is 95.3 Å². The average molecular weight is 346 g/mol. The molecule has 0 fully saturated rings. The summed E-state index contributed by atoms with van der Waals surface area (Å²) in [6, 6.07) is 26.2. The summed E-state index contributed by atoms with van der Waals surface area (Å²) < 4.78 is 2.24. The van der Waals surface area contributed by atoms with Gasteiger partial charge in [-0.3, -0.25) is 9.78 Å². The molecule has 2 heterocycles. The number of aromatic nitrogens is 2. The summed E-state index contributed by atoms with van der Waals surface area (Å²) in [5, 5.41) is 4.53. The van der Waals surface area contributed by atoms with Gasteiger partial charge in [0.15, 0.2) is 5.43 Å². The molecule has 4 aromatic carbocycles. The lowest BCUT2D eigenvalue weighted by Crippen LogP contribution is -1.99. The van der Waals surface area contributed by atoms with Crippen LogP contribution < -0.4 is 5.43 Å². The van der Waals surface area contributed by atoms with Crippen molar-refractivity contribution in [1.82, 2.24) is 9.55 Å². The van der Waals surface area contributed by atoms with Gasteiger partial charge in [0, 0.05) is 38.8 Å². The van der Waals surface area contributed by atoms with Crippen molar-refractivity contribution in [2.45, 2.75) is 0 Å². The molecule has 126 valence electrons. The molecule has 0 radical (unpaired) electrons. The molecule has 0 N–H and O–H groups in total. The van der Waals surface area contributed by atoms with Gasteiger partial charge in [0.2, 0.25) is 0 Å². The summed E-state index contributed by atoms with van der Waals surface area (Å²) in [5.41, 5.74) is 4.01. The highest BCUT2D eigenvalue weighted by molar-refractivity contribution is 6.28. The van der Waals surface area contributed by atoms with Crippen LogP contribution >= 0.6 is 0 Å². The van der Waals surface area contributed by atoms with Crippen LogP contribution in [0.25, 0.3) is 49.2 Å². The number of rotatable bonds is 1. The molecule has 0 amide bonds. The van der Waals surface area contributed by atoms with E-state index in [0.29, 0.717) is 5.39 Å².